The molecule has 0 spiro atoms. The summed E-state index contributed by atoms with van der Waals surface area (Å²) in [6.07, 6.45) is 2.76. The Labute approximate surface area is 166 Å². The molecule has 0 saturated heterocycles. The third kappa shape index (κ3) is 4.07. The van der Waals surface area contributed by atoms with Crippen molar-refractivity contribution in [3.8, 4) is 0 Å². The first-order chi connectivity index (χ1) is 13.3. The van der Waals surface area contributed by atoms with E-state index in [1.807, 2.05) is 42.8 Å². The molecule has 2 aromatic heterocycles. The molecule has 1 aromatic carbocycles. The van der Waals surface area contributed by atoms with E-state index < -0.39 is 12.0 Å². The van der Waals surface area contributed by atoms with Crippen molar-refractivity contribution in [1.82, 2.24) is 19.6 Å². The number of amides is 1. The Morgan fingerprint density at radius 2 is 1.93 bits per heavy atom. The van der Waals surface area contributed by atoms with Gasteiger partial charge in [0.15, 0.2) is 0 Å². The first-order valence-electron chi connectivity index (χ1n) is 8.63. The Kier molecular flexibility index (Phi) is 5.51. The molecule has 0 bridgehead atoms. The number of anilines is 1. The highest BCUT2D eigenvalue weighted by molar-refractivity contribution is 6.30. The summed E-state index contributed by atoms with van der Waals surface area (Å²) in [6, 6.07) is 6.64. The maximum Gasteiger partial charge on any atom is 0.328 e. The summed E-state index contributed by atoms with van der Waals surface area (Å²) in [7, 11) is 0. The van der Waals surface area contributed by atoms with Gasteiger partial charge in [0.1, 0.15) is 6.04 Å². The molecule has 0 aliphatic heterocycles. The molecule has 3 aromatic rings. The largest absolute Gasteiger partial charge is 0.480 e. The number of rotatable bonds is 6. The van der Waals surface area contributed by atoms with Crippen LogP contribution in [0.25, 0.3) is 0 Å². The molecular weight excluding hydrogens is 382 g/mol. The minimum absolute atomic E-state index is 0.275. The lowest BCUT2D eigenvalue weighted by Gasteiger charge is -2.07. The highest BCUT2D eigenvalue weighted by Gasteiger charge is 2.19. The molecule has 3 rings (SSSR count). The van der Waals surface area contributed by atoms with Crippen molar-refractivity contribution in [1.29, 1.82) is 0 Å². The maximum absolute atomic E-state index is 12.6. The molecule has 0 radical (unpaired) electrons. The average Bonchev–Trinajstić information content (AvgIpc) is 3.24. The summed E-state index contributed by atoms with van der Waals surface area (Å²) in [5.74, 6) is -1.40. The number of halogens is 1. The van der Waals surface area contributed by atoms with Gasteiger partial charge in [-0.25, -0.2) is 4.79 Å². The lowest BCUT2D eigenvalue weighted by molar-refractivity contribution is -0.140. The molecule has 28 heavy (non-hydrogen) atoms. The quantitative estimate of drug-likeness (QED) is 0.659. The molecule has 1 unspecified atom stereocenters. The number of aromatic nitrogens is 4. The first kappa shape index (κ1) is 19.6. The van der Waals surface area contributed by atoms with E-state index >= 15 is 0 Å². The number of nitrogens with zero attached hydrogens (tertiary/aromatic N) is 4. The van der Waals surface area contributed by atoms with Gasteiger partial charge in [0, 0.05) is 11.2 Å². The highest BCUT2D eigenvalue weighted by atomic mass is 35.5. The van der Waals surface area contributed by atoms with Crippen LogP contribution < -0.4 is 5.32 Å². The van der Waals surface area contributed by atoms with Gasteiger partial charge in [-0.2, -0.15) is 10.2 Å². The standard InChI is InChI=1S/C19H20ClN5O3/c1-11-17(12(2)25(23-11)9-14-4-6-16(20)7-5-14)22-18(26)15-8-21-24(10-15)13(3)19(27)28/h4-8,10,13H,9H2,1-3H3,(H,22,26)(H,27,28). The van der Waals surface area contributed by atoms with E-state index in [9.17, 15) is 9.59 Å². The number of carboxylic acids is 1. The van der Waals surface area contributed by atoms with Crippen molar-refractivity contribution in [3.05, 3.63) is 64.2 Å². The number of carbonyl (C=O) groups excluding carboxylic acids is 1. The van der Waals surface area contributed by atoms with Gasteiger partial charge in [-0.1, -0.05) is 23.7 Å². The van der Waals surface area contributed by atoms with E-state index in [1.54, 1.807) is 0 Å². The molecule has 1 amide bonds. The molecule has 8 nitrogen and oxygen atoms in total. The molecule has 1 atom stereocenters. The van der Waals surface area contributed by atoms with Gasteiger partial charge in [-0.15, -0.1) is 0 Å². The summed E-state index contributed by atoms with van der Waals surface area (Å²) in [4.78, 5) is 23.6. The monoisotopic (exact) mass is 401 g/mol. The van der Waals surface area contributed by atoms with Gasteiger partial charge >= 0.3 is 5.97 Å². The summed E-state index contributed by atoms with van der Waals surface area (Å²) in [6.45, 7) is 5.73. The van der Waals surface area contributed by atoms with Crippen LogP contribution in [0.4, 0.5) is 5.69 Å². The summed E-state index contributed by atoms with van der Waals surface area (Å²) in [5.41, 5.74) is 3.44. The van der Waals surface area contributed by atoms with Gasteiger partial charge in [-0.05, 0) is 38.5 Å². The van der Waals surface area contributed by atoms with Crippen LogP contribution in [-0.4, -0.2) is 36.5 Å². The van der Waals surface area contributed by atoms with Crippen molar-refractivity contribution in [2.24, 2.45) is 0 Å². The number of aryl methyl sites for hydroxylation is 1. The second-order valence-electron chi connectivity index (χ2n) is 6.51. The van der Waals surface area contributed by atoms with Crippen molar-refractivity contribution in [3.63, 3.8) is 0 Å². The van der Waals surface area contributed by atoms with E-state index in [0.29, 0.717) is 22.9 Å². The molecule has 9 heteroatoms. The van der Waals surface area contributed by atoms with E-state index in [4.69, 9.17) is 16.7 Å². The Morgan fingerprint density at radius 1 is 1.25 bits per heavy atom. The van der Waals surface area contributed by atoms with Crippen molar-refractivity contribution in [2.45, 2.75) is 33.4 Å². The Hall–Kier alpha value is -3.13. The lowest BCUT2D eigenvalue weighted by Crippen LogP contribution is -2.16. The number of carbonyl (C=O) groups is 2. The number of benzene rings is 1. The molecule has 0 saturated carbocycles. The molecule has 2 N–H and O–H groups in total. The normalized spacial score (nSPS) is 12.0. The number of carboxylic acid groups (broad SMARTS) is 1. The Balaban J connectivity index is 1.77. The number of hydrogen-bond acceptors (Lipinski definition) is 4. The fourth-order valence-corrected chi connectivity index (χ4v) is 2.89. The molecule has 0 aliphatic carbocycles. The topological polar surface area (TPSA) is 102 Å². The van der Waals surface area contributed by atoms with Crippen molar-refractivity contribution in [2.75, 3.05) is 5.32 Å². The zero-order valence-electron chi connectivity index (χ0n) is 15.7. The van der Waals surface area contributed by atoms with Crippen LogP contribution >= 0.6 is 11.6 Å². The number of nitrogens with one attached hydrogen (secondary N) is 1. The summed E-state index contributed by atoms with van der Waals surface area (Å²) < 4.78 is 3.05. The lowest BCUT2D eigenvalue weighted by atomic mass is 10.2. The smallest absolute Gasteiger partial charge is 0.328 e. The minimum atomic E-state index is -1.02. The summed E-state index contributed by atoms with van der Waals surface area (Å²) in [5, 5.41) is 21.0. The Bertz CT molecular complexity index is 1020. The second kappa shape index (κ2) is 7.85. The van der Waals surface area contributed by atoms with E-state index in [-0.39, 0.29) is 11.5 Å². The third-order valence-corrected chi connectivity index (χ3v) is 4.74. The van der Waals surface area contributed by atoms with E-state index in [1.165, 1.54) is 24.0 Å². The van der Waals surface area contributed by atoms with Crippen LogP contribution in [0.3, 0.4) is 0 Å². The number of hydrogen-bond donors (Lipinski definition) is 2. The average molecular weight is 402 g/mol. The van der Waals surface area contributed by atoms with Crippen LogP contribution in [0.15, 0.2) is 36.7 Å². The zero-order valence-corrected chi connectivity index (χ0v) is 16.4. The van der Waals surface area contributed by atoms with Gasteiger partial charge in [0.05, 0.1) is 35.4 Å². The molecule has 2 heterocycles. The SMILES string of the molecule is Cc1nn(Cc2ccc(Cl)cc2)c(C)c1NC(=O)c1cnn(C(C)C(=O)O)c1. The first-order valence-corrected chi connectivity index (χ1v) is 9.01. The molecular formula is C19H20ClN5O3. The predicted octanol–water partition coefficient (Wildman–Crippen LogP) is 3.30. The van der Waals surface area contributed by atoms with Gasteiger partial charge < -0.3 is 10.4 Å². The van der Waals surface area contributed by atoms with E-state index in [2.05, 4.69) is 15.5 Å². The molecule has 146 valence electrons. The molecule has 0 fully saturated rings. The van der Waals surface area contributed by atoms with Crippen LogP contribution in [0.5, 0.6) is 0 Å². The maximum atomic E-state index is 12.6. The predicted molar refractivity (Wildman–Crippen MR) is 105 cm³/mol. The van der Waals surface area contributed by atoms with E-state index in [0.717, 1.165) is 11.3 Å². The molecule has 0 aliphatic rings. The Morgan fingerprint density at radius 3 is 2.57 bits per heavy atom. The van der Waals surface area contributed by atoms with Crippen LogP contribution in [0, 0.1) is 13.8 Å². The van der Waals surface area contributed by atoms with Crippen LogP contribution in [0.2, 0.25) is 5.02 Å². The third-order valence-electron chi connectivity index (χ3n) is 4.48. The van der Waals surface area contributed by atoms with Crippen LogP contribution in [0.1, 0.15) is 40.3 Å². The highest BCUT2D eigenvalue weighted by Crippen LogP contribution is 2.22. The van der Waals surface area contributed by atoms with Gasteiger partial charge in [-0.3, -0.25) is 14.2 Å². The fraction of sp³-hybridized carbons (Fsp3) is 0.263. The van der Waals surface area contributed by atoms with Gasteiger partial charge in [0.25, 0.3) is 5.91 Å². The fourth-order valence-electron chi connectivity index (χ4n) is 2.76. The minimum Gasteiger partial charge on any atom is -0.480 e. The summed E-state index contributed by atoms with van der Waals surface area (Å²) >= 11 is 5.92. The van der Waals surface area contributed by atoms with Crippen molar-refractivity contribution < 1.29 is 14.7 Å². The van der Waals surface area contributed by atoms with Crippen molar-refractivity contribution >= 4 is 29.2 Å². The zero-order chi connectivity index (χ0) is 20.4. The number of aliphatic carboxylic acids is 1. The second-order valence-corrected chi connectivity index (χ2v) is 6.94. The van der Waals surface area contributed by atoms with Crippen LogP contribution in [-0.2, 0) is 11.3 Å². The van der Waals surface area contributed by atoms with Gasteiger partial charge in [0.2, 0.25) is 0 Å².